The lowest BCUT2D eigenvalue weighted by molar-refractivity contribution is -0.413. The molecule has 3 rings (SSSR count). The normalized spacial score (nSPS) is 42.9. The van der Waals surface area contributed by atoms with E-state index in [-0.39, 0.29) is 0 Å². The number of carbonyl (C=O) groups is 3. The molecule has 0 unspecified atom stereocenters. The van der Waals surface area contributed by atoms with E-state index >= 15 is 0 Å². The van der Waals surface area contributed by atoms with Crippen LogP contribution >= 0.6 is 0 Å². The van der Waals surface area contributed by atoms with Crippen molar-refractivity contribution in [2.75, 3.05) is 19.8 Å². The number of hydrogen-bond acceptors (Lipinski definition) is 19. The maximum atomic E-state index is 12.6. The van der Waals surface area contributed by atoms with Crippen molar-refractivity contribution in [3.63, 3.8) is 0 Å². The standard InChI is InChI=1S/C25H42N2O19/c1-7(31)26-13-9(33)3-25(24(40)41,45-20(13)15(35)10(34)4-28)46-21-18(38)22(39)42-12(6-30)19(21)44-23-14(27-8(2)32)17(37)16(36)11(5-29)43-23/h9-23,28-30,33-39H,3-6H2,1-2H3,(H,26,31)(H,27,32)(H,40,41)/p-1/t9-,10+,11+,12+,13+,14+,15+,16-,17+,18+,19-,20+,21+,22+,23-,25-/m0/s1. The maximum absolute atomic E-state index is 12.6. The summed E-state index contributed by atoms with van der Waals surface area (Å²) >= 11 is 0. The van der Waals surface area contributed by atoms with E-state index in [1.165, 1.54) is 0 Å². The number of ether oxygens (including phenoxy) is 5. The first-order valence-electron chi connectivity index (χ1n) is 14.2. The molecule has 3 heterocycles. The second-order valence-corrected chi connectivity index (χ2v) is 11.2. The van der Waals surface area contributed by atoms with Crippen molar-refractivity contribution in [2.45, 2.75) is 118 Å². The average Bonchev–Trinajstić information content (AvgIpc) is 2.99. The van der Waals surface area contributed by atoms with E-state index < -0.39 is 142 Å². The molecular formula is C25H41N2O19-. The van der Waals surface area contributed by atoms with Gasteiger partial charge in [0.15, 0.2) is 12.6 Å². The van der Waals surface area contributed by atoms with Crippen LogP contribution in [-0.2, 0) is 38.1 Å². The molecule has 0 aromatic rings. The van der Waals surface area contributed by atoms with Gasteiger partial charge in [-0.15, -0.1) is 0 Å². The number of carboxylic acids is 1. The second-order valence-electron chi connectivity index (χ2n) is 11.2. The lowest BCUT2D eigenvalue weighted by Gasteiger charge is -2.52. The highest BCUT2D eigenvalue weighted by Gasteiger charge is 2.58. The third-order valence-corrected chi connectivity index (χ3v) is 7.85. The number of rotatable bonds is 12. The number of hydrogen-bond donors (Lipinski definition) is 12. The Kier molecular flexibility index (Phi) is 13.1. The van der Waals surface area contributed by atoms with Gasteiger partial charge in [0.05, 0.1) is 32.0 Å². The van der Waals surface area contributed by atoms with Crippen LogP contribution in [-0.4, -0.2) is 186 Å². The molecule has 21 heteroatoms. The van der Waals surface area contributed by atoms with E-state index in [2.05, 4.69) is 10.6 Å². The summed E-state index contributed by atoms with van der Waals surface area (Å²) in [6.45, 7) is -0.881. The number of aliphatic hydroxyl groups excluding tert-OH is 10. The number of carbonyl (C=O) groups excluding carboxylic acids is 3. The van der Waals surface area contributed by atoms with Gasteiger partial charge in [-0.05, 0) is 0 Å². The molecule has 0 aromatic carbocycles. The average molecular weight is 674 g/mol. The highest BCUT2D eigenvalue weighted by molar-refractivity contribution is 5.75. The maximum Gasteiger partial charge on any atom is 0.217 e. The molecule has 0 aromatic heterocycles. The van der Waals surface area contributed by atoms with Crippen molar-refractivity contribution in [3.05, 3.63) is 0 Å². The molecule has 0 bridgehead atoms. The Morgan fingerprint density at radius 3 is 1.98 bits per heavy atom. The molecule has 3 aliphatic rings. The van der Waals surface area contributed by atoms with Gasteiger partial charge < -0.3 is 95.3 Å². The Balaban J connectivity index is 2.05. The number of carboxylic acid groups (broad SMARTS) is 1. The van der Waals surface area contributed by atoms with Gasteiger partial charge in [0, 0.05) is 20.3 Å². The number of aliphatic hydroxyl groups is 10. The molecule has 266 valence electrons. The summed E-state index contributed by atoms with van der Waals surface area (Å²) in [5.41, 5.74) is 0. The Morgan fingerprint density at radius 1 is 0.870 bits per heavy atom. The molecule has 0 saturated carbocycles. The summed E-state index contributed by atoms with van der Waals surface area (Å²) in [5, 5.41) is 120. The van der Waals surface area contributed by atoms with Crippen LogP contribution in [0.15, 0.2) is 0 Å². The fourth-order valence-electron chi connectivity index (χ4n) is 5.56. The van der Waals surface area contributed by atoms with Crippen molar-refractivity contribution in [1.82, 2.24) is 10.6 Å². The minimum absolute atomic E-state index is 0.748. The molecule has 12 N–H and O–H groups in total. The van der Waals surface area contributed by atoms with Gasteiger partial charge >= 0.3 is 0 Å². The van der Waals surface area contributed by atoms with Crippen LogP contribution in [0.25, 0.3) is 0 Å². The SMILES string of the molecule is CC(=O)N[C@H]1[C@H](O[C@@H]2[C@H](O[C@]3(C(=O)[O-])C[C@H](O)[C@@H](NC(C)=O)[C@H]([C@H](O)[C@H](O)CO)O3)[C@@H](O)[C@H](O)O[C@@H]2CO)O[C@H](CO)[C@H](O)[C@@H]1O. The summed E-state index contributed by atoms with van der Waals surface area (Å²) in [6, 6.07) is -3.18. The van der Waals surface area contributed by atoms with Crippen LogP contribution in [0.5, 0.6) is 0 Å². The highest BCUT2D eigenvalue weighted by Crippen LogP contribution is 2.38. The zero-order chi connectivity index (χ0) is 34.7. The molecule has 21 nitrogen and oxygen atoms in total. The fourth-order valence-corrected chi connectivity index (χ4v) is 5.56. The van der Waals surface area contributed by atoms with Crippen LogP contribution in [0.3, 0.4) is 0 Å². The van der Waals surface area contributed by atoms with E-state index in [0.717, 1.165) is 13.8 Å². The molecule has 46 heavy (non-hydrogen) atoms. The van der Waals surface area contributed by atoms with Gasteiger partial charge in [-0.3, -0.25) is 9.59 Å². The quantitative estimate of drug-likeness (QED) is 0.0914. The first-order chi connectivity index (χ1) is 21.5. The van der Waals surface area contributed by atoms with Crippen molar-refractivity contribution in [1.29, 1.82) is 0 Å². The highest BCUT2D eigenvalue weighted by atomic mass is 16.8. The summed E-state index contributed by atoms with van der Waals surface area (Å²) < 4.78 is 27.6. The van der Waals surface area contributed by atoms with Crippen LogP contribution in [0.1, 0.15) is 20.3 Å². The van der Waals surface area contributed by atoms with Crippen LogP contribution < -0.4 is 15.7 Å². The monoisotopic (exact) mass is 673 g/mol. The fraction of sp³-hybridized carbons (Fsp3) is 0.880. The molecular weight excluding hydrogens is 632 g/mol. The van der Waals surface area contributed by atoms with Gasteiger partial charge in [0.25, 0.3) is 0 Å². The topological polar surface area (TPSA) is 347 Å². The third kappa shape index (κ3) is 8.08. The van der Waals surface area contributed by atoms with Gasteiger partial charge in [0.2, 0.25) is 17.6 Å². The first kappa shape index (κ1) is 38.3. The number of nitrogens with one attached hydrogen (secondary N) is 2. The molecule has 3 fully saturated rings. The predicted molar refractivity (Wildman–Crippen MR) is 139 cm³/mol. The van der Waals surface area contributed by atoms with E-state index in [1.54, 1.807) is 0 Å². The molecule has 3 aliphatic heterocycles. The molecule has 16 atom stereocenters. The van der Waals surface area contributed by atoms with E-state index in [1.807, 2.05) is 0 Å². The summed E-state index contributed by atoms with van der Waals surface area (Å²) in [4.78, 5) is 36.3. The zero-order valence-electron chi connectivity index (χ0n) is 24.6. The summed E-state index contributed by atoms with van der Waals surface area (Å²) in [5.74, 6) is -6.93. The van der Waals surface area contributed by atoms with Gasteiger partial charge in [-0.25, -0.2) is 0 Å². The first-order valence-corrected chi connectivity index (χ1v) is 14.2. The van der Waals surface area contributed by atoms with E-state index in [0.29, 0.717) is 0 Å². The molecule has 3 saturated heterocycles. The predicted octanol–water partition coefficient (Wildman–Crippen LogP) is -9.41. The number of aliphatic carboxylic acids is 1. The van der Waals surface area contributed by atoms with E-state index in [9.17, 15) is 70.6 Å². The summed E-state index contributed by atoms with van der Waals surface area (Å²) in [6.07, 6.45) is -26.2. The van der Waals surface area contributed by atoms with Crippen molar-refractivity contribution < 1.29 is 94.2 Å². The molecule has 0 aliphatic carbocycles. The lowest BCUT2D eigenvalue weighted by Crippen LogP contribution is -2.72. The van der Waals surface area contributed by atoms with Crippen LogP contribution in [0, 0.1) is 0 Å². The Labute approximate surface area is 260 Å². The minimum atomic E-state index is -3.17. The lowest BCUT2D eigenvalue weighted by atomic mass is 9.88. The largest absolute Gasteiger partial charge is 0.544 e. The van der Waals surface area contributed by atoms with Gasteiger partial charge in [0.1, 0.15) is 73.1 Å². The molecule has 2 amide bonds. The van der Waals surface area contributed by atoms with Crippen LogP contribution in [0.4, 0.5) is 0 Å². The van der Waals surface area contributed by atoms with Gasteiger partial charge in [-0.2, -0.15) is 0 Å². The third-order valence-electron chi connectivity index (χ3n) is 7.85. The number of amides is 2. The van der Waals surface area contributed by atoms with E-state index in [4.69, 9.17) is 23.7 Å². The van der Waals surface area contributed by atoms with Crippen molar-refractivity contribution in [2.24, 2.45) is 0 Å². The molecule has 0 spiro atoms. The Bertz CT molecular complexity index is 1050. The Morgan fingerprint density at radius 2 is 1.46 bits per heavy atom. The Hall–Kier alpha value is -2.19. The molecule has 0 radical (unpaired) electrons. The second kappa shape index (κ2) is 15.8. The zero-order valence-corrected chi connectivity index (χ0v) is 24.6. The summed E-state index contributed by atoms with van der Waals surface area (Å²) in [7, 11) is 0. The van der Waals surface area contributed by atoms with Gasteiger partial charge in [-0.1, -0.05) is 0 Å². The minimum Gasteiger partial charge on any atom is -0.544 e. The van der Waals surface area contributed by atoms with Crippen molar-refractivity contribution >= 4 is 17.8 Å². The van der Waals surface area contributed by atoms with Crippen molar-refractivity contribution in [3.8, 4) is 0 Å². The van der Waals surface area contributed by atoms with Crippen LogP contribution in [0.2, 0.25) is 0 Å². The smallest absolute Gasteiger partial charge is 0.217 e.